The molecule has 8 nitrogen and oxygen atoms in total. The molecule has 1 saturated heterocycles. The number of carbonyl (C=O) groups is 1. The molecule has 0 unspecified atom stereocenters. The molecule has 9 heteroatoms. The van der Waals surface area contributed by atoms with Crippen molar-refractivity contribution in [1.82, 2.24) is 20.3 Å². The van der Waals surface area contributed by atoms with Crippen LogP contribution in [-0.4, -0.2) is 53.6 Å². The van der Waals surface area contributed by atoms with Crippen LogP contribution in [0.1, 0.15) is 16.6 Å². The van der Waals surface area contributed by atoms with Crippen LogP contribution in [-0.2, 0) is 0 Å². The Morgan fingerprint density at radius 2 is 2.07 bits per heavy atom. The minimum absolute atomic E-state index is 0.209. The Balaban J connectivity index is 1.48. The van der Waals surface area contributed by atoms with Gasteiger partial charge in [-0.3, -0.25) is 4.79 Å². The molecule has 1 aliphatic heterocycles. The van der Waals surface area contributed by atoms with Crippen molar-refractivity contribution < 1.29 is 9.53 Å². The first-order valence-electron chi connectivity index (χ1n) is 8.85. The second kappa shape index (κ2) is 7.85. The maximum absolute atomic E-state index is 12.6. The second-order valence-corrected chi connectivity index (χ2v) is 7.07. The van der Waals surface area contributed by atoms with Gasteiger partial charge < -0.3 is 20.3 Å². The summed E-state index contributed by atoms with van der Waals surface area (Å²) >= 11 is 1.33. The molecule has 0 atom stereocenters. The third kappa shape index (κ3) is 3.83. The number of nitrogens with one attached hydrogen (secondary N) is 2. The summed E-state index contributed by atoms with van der Waals surface area (Å²) in [4.78, 5) is 29.1. The molecule has 0 spiro atoms. The number of hydrogen-bond acceptors (Lipinski definition) is 8. The van der Waals surface area contributed by atoms with E-state index in [0.717, 1.165) is 42.1 Å². The Kier molecular flexibility index (Phi) is 5.12. The first-order chi connectivity index (χ1) is 13.2. The minimum Gasteiger partial charge on any atom is -0.493 e. The molecule has 0 radical (unpaired) electrons. The van der Waals surface area contributed by atoms with Gasteiger partial charge in [0.15, 0.2) is 0 Å². The molecular weight excluding hydrogens is 364 g/mol. The number of anilines is 2. The zero-order valence-corrected chi connectivity index (χ0v) is 15.8. The summed E-state index contributed by atoms with van der Waals surface area (Å²) in [5, 5.41) is 6.99. The van der Waals surface area contributed by atoms with Gasteiger partial charge in [-0.1, -0.05) is 0 Å². The van der Waals surface area contributed by atoms with Crippen molar-refractivity contribution in [2.75, 3.05) is 43.0 Å². The molecular formula is C18H20N6O2S. The lowest BCUT2D eigenvalue weighted by Crippen LogP contribution is -2.44. The molecule has 0 aliphatic carbocycles. The minimum atomic E-state index is -0.209. The highest BCUT2D eigenvalue weighted by Gasteiger charge is 2.16. The molecule has 1 fully saturated rings. The van der Waals surface area contributed by atoms with E-state index in [1.54, 1.807) is 18.6 Å². The van der Waals surface area contributed by atoms with E-state index in [1.165, 1.54) is 11.3 Å². The van der Waals surface area contributed by atoms with Crippen molar-refractivity contribution in [3.8, 4) is 5.75 Å². The van der Waals surface area contributed by atoms with Crippen molar-refractivity contribution in [3.63, 3.8) is 0 Å². The van der Waals surface area contributed by atoms with Gasteiger partial charge in [-0.15, -0.1) is 11.3 Å². The van der Waals surface area contributed by atoms with Crippen molar-refractivity contribution in [3.05, 3.63) is 35.6 Å². The smallest absolute Gasteiger partial charge is 0.265 e. The molecule has 140 valence electrons. The van der Waals surface area contributed by atoms with Gasteiger partial charge in [-0.2, -0.15) is 0 Å². The van der Waals surface area contributed by atoms with E-state index < -0.39 is 0 Å². The summed E-state index contributed by atoms with van der Waals surface area (Å²) in [5.41, 5.74) is 0.564. The van der Waals surface area contributed by atoms with Crippen LogP contribution in [0, 0.1) is 0 Å². The Morgan fingerprint density at radius 3 is 2.81 bits per heavy atom. The van der Waals surface area contributed by atoms with Gasteiger partial charge in [0, 0.05) is 32.4 Å². The average Bonchev–Trinajstić information content (AvgIpc) is 3.15. The predicted molar refractivity (Wildman–Crippen MR) is 106 cm³/mol. The largest absolute Gasteiger partial charge is 0.493 e. The first-order valence-corrected chi connectivity index (χ1v) is 9.66. The molecule has 4 heterocycles. The van der Waals surface area contributed by atoms with E-state index in [1.807, 2.05) is 19.1 Å². The summed E-state index contributed by atoms with van der Waals surface area (Å²) in [6.45, 7) is 6.09. The molecule has 1 amide bonds. The highest BCUT2D eigenvalue weighted by atomic mass is 32.1. The van der Waals surface area contributed by atoms with E-state index in [0.29, 0.717) is 23.1 Å². The van der Waals surface area contributed by atoms with E-state index in [4.69, 9.17) is 4.74 Å². The molecule has 0 saturated carbocycles. The van der Waals surface area contributed by atoms with Crippen LogP contribution in [0.3, 0.4) is 0 Å². The summed E-state index contributed by atoms with van der Waals surface area (Å²) in [6, 6.07) is 3.62. The fourth-order valence-corrected chi connectivity index (χ4v) is 3.83. The van der Waals surface area contributed by atoms with Gasteiger partial charge in [-0.25, -0.2) is 15.0 Å². The number of rotatable bonds is 5. The van der Waals surface area contributed by atoms with Crippen LogP contribution in [0.5, 0.6) is 5.75 Å². The van der Waals surface area contributed by atoms with Crippen molar-refractivity contribution in [2.24, 2.45) is 0 Å². The number of hydrogen-bond donors (Lipinski definition) is 2. The zero-order valence-electron chi connectivity index (χ0n) is 14.9. The Hall–Kier alpha value is -2.78. The molecule has 2 N–H and O–H groups in total. The zero-order chi connectivity index (χ0) is 18.6. The first kappa shape index (κ1) is 17.6. The topological polar surface area (TPSA) is 92.3 Å². The van der Waals surface area contributed by atoms with Gasteiger partial charge in [0.2, 0.25) is 5.95 Å². The Bertz CT molecular complexity index is 937. The molecule has 0 bridgehead atoms. The van der Waals surface area contributed by atoms with Crippen LogP contribution in [0.4, 0.5) is 11.6 Å². The maximum atomic E-state index is 12.6. The quantitative estimate of drug-likeness (QED) is 0.696. The lowest BCUT2D eigenvalue weighted by atomic mass is 10.3. The van der Waals surface area contributed by atoms with Gasteiger partial charge in [-0.05, 0) is 19.1 Å². The second-order valence-electron chi connectivity index (χ2n) is 6.03. The summed E-state index contributed by atoms with van der Waals surface area (Å²) < 4.78 is 5.61. The van der Waals surface area contributed by atoms with Crippen LogP contribution in [0.2, 0.25) is 0 Å². The summed E-state index contributed by atoms with van der Waals surface area (Å²) in [5.74, 6) is 1.21. The van der Waals surface area contributed by atoms with E-state index in [2.05, 4.69) is 30.5 Å². The number of pyridine rings is 1. The summed E-state index contributed by atoms with van der Waals surface area (Å²) in [7, 11) is 0. The molecule has 27 heavy (non-hydrogen) atoms. The molecule has 3 aromatic rings. The number of ether oxygens (including phenoxy) is 1. The fourth-order valence-electron chi connectivity index (χ4n) is 2.92. The Morgan fingerprint density at radius 1 is 1.30 bits per heavy atom. The highest BCUT2D eigenvalue weighted by molar-refractivity contribution is 7.20. The number of nitrogens with zero attached hydrogens (tertiary/aromatic N) is 4. The fraction of sp³-hybridized carbons (Fsp3) is 0.333. The van der Waals surface area contributed by atoms with E-state index >= 15 is 0 Å². The third-order valence-electron chi connectivity index (χ3n) is 4.22. The third-order valence-corrected chi connectivity index (χ3v) is 5.26. The maximum Gasteiger partial charge on any atom is 0.265 e. The van der Waals surface area contributed by atoms with Crippen LogP contribution in [0.15, 0.2) is 30.7 Å². The van der Waals surface area contributed by atoms with Crippen LogP contribution in [0.25, 0.3) is 10.2 Å². The number of fused-ring (bicyclic) bond motifs is 1. The molecule has 3 aromatic heterocycles. The SMILES string of the molecule is CCOc1ccnc2sc(C(=O)Nc3cnc(N4CCNCC4)nc3)cc12. The standard InChI is InChI=1S/C18H20N6O2S/c1-2-26-14-3-4-20-17-13(14)9-15(27-17)16(25)23-12-10-21-18(22-11-12)24-7-5-19-6-8-24/h3-4,9-11,19H,2,5-8H2,1H3,(H,23,25). The van der Waals surface area contributed by atoms with E-state index in [-0.39, 0.29) is 5.91 Å². The van der Waals surface area contributed by atoms with Gasteiger partial charge in [0.25, 0.3) is 5.91 Å². The predicted octanol–water partition coefficient (Wildman–Crippen LogP) is 2.15. The van der Waals surface area contributed by atoms with Crippen LogP contribution >= 0.6 is 11.3 Å². The molecule has 1 aliphatic rings. The average molecular weight is 384 g/mol. The lowest BCUT2D eigenvalue weighted by Gasteiger charge is -2.27. The van der Waals surface area contributed by atoms with Crippen LogP contribution < -0.4 is 20.3 Å². The van der Waals surface area contributed by atoms with Gasteiger partial charge in [0.1, 0.15) is 10.6 Å². The number of carbonyl (C=O) groups excluding carboxylic acids is 1. The number of amides is 1. The van der Waals surface area contributed by atoms with Crippen molar-refractivity contribution >= 4 is 39.1 Å². The highest BCUT2D eigenvalue weighted by Crippen LogP contribution is 2.31. The van der Waals surface area contributed by atoms with Crippen molar-refractivity contribution in [2.45, 2.75) is 6.92 Å². The summed E-state index contributed by atoms with van der Waals surface area (Å²) in [6.07, 6.45) is 4.97. The van der Waals surface area contributed by atoms with Gasteiger partial charge in [0.05, 0.1) is 35.0 Å². The van der Waals surface area contributed by atoms with Crippen molar-refractivity contribution in [1.29, 1.82) is 0 Å². The molecule has 4 rings (SSSR count). The number of thiophene rings is 1. The van der Waals surface area contributed by atoms with E-state index in [9.17, 15) is 4.79 Å². The normalized spacial score (nSPS) is 14.3. The monoisotopic (exact) mass is 384 g/mol. The van der Waals surface area contributed by atoms with Gasteiger partial charge >= 0.3 is 0 Å². The lowest BCUT2D eigenvalue weighted by molar-refractivity contribution is 0.103. The number of piperazine rings is 1. The number of aromatic nitrogens is 3. The molecule has 0 aromatic carbocycles. The Labute approximate surface area is 160 Å².